The predicted octanol–water partition coefficient (Wildman–Crippen LogP) is 3.56. The Morgan fingerprint density at radius 3 is 2.50 bits per heavy atom. The van der Waals surface area contributed by atoms with Gasteiger partial charge in [0.2, 0.25) is 0 Å². The Morgan fingerprint density at radius 1 is 1.06 bits per heavy atom. The van der Waals surface area contributed by atoms with Crippen LogP contribution in [0.4, 0.5) is 5.69 Å². The molecule has 0 aliphatic carbocycles. The van der Waals surface area contributed by atoms with E-state index in [1.54, 1.807) is 12.1 Å². The number of nitrogens with one attached hydrogen (secondary N) is 2. The van der Waals surface area contributed by atoms with Crippen LogP contribution in [-0.4, -0.2) is 59.0 Å². The third-order valence-corrected chi connectivity index (χ3v) is 5.46. The van der Waals surface area contributed by atoms with Gasteiger partial charge in [-0.05, 0) is 43.9 Å². The minimum absolute atomic E-state index is 0.00243. The summed E-state index contributed by atoms with van der Waals surface area (Å²) in [4.78, 5) is 21.8. The van der Waals surface area contributed by atoms with E-state index < -0.39 is 5.91 Å². The van der Waals surface area contributed by atoms with Gasteiger partial charge in [0.25, 0.3) is 5.91 Å². The molecule has 3 aromatic carbocycles. The number of carbonyl (C=O) groups is 1. The van der Waals surface area contributed by atoms with Crippen LogP contribution in [0.15, 0.2) is 77.8 Å². The topological polar surface area (TPSA) is 101 Å². The number of fused-ring (bicyclic) bond motifs is 1. The minimum Gasteiger partial charge on any atom is -0.494 e. The second kappa shape index (κ2) is 11.4. The zero-order valence-electron chi connectivity index (χ0n) is 20.2. The van der Waals surface area contributed by atoms with Crippen LogP contribution in [0.1, 0.15) is 22.3 Å². The van der Waals surface area contributed by atoms with Crippen LogP contribution in [0.3, 0.4) is 0 Å². The van der Waals surface area contributed by atoms with E-state index >= 15 is 0 Å². The maximum atomic E-state index is 11.7. The summed E-state index contributed by atoms with van der Waals surface area (Å²) in [6, 6.07) is 23.2. The molecular weight excluding hydrogens is 452 g/mol. The van der Waals surface area contributed by atoms with Gasteiger partial charge < -0.3 is 25.4 Å². The van der Waals surface area contributed by atoms with Crippen molar-refractivity contribution in [3.05, 3.63) is 95.1 Å². The molecule has 4 aromatic rings. The number of rotatable bonds is 7. The van der Waals surface area contributed by atoms with Gasteiger partial charge in [-0.2, -0.15) is 0 Å². The maximum absolute atomic E-state index is 11.7. The first-order valence-corrected chi connectivity index (χ1v) is 11.6. The van der Waals surface area contributed by atoms with Crippen molar-refractivity contribution in [2.45, 2.75) is 6.54 Å². The van der Waals surface area contributed by atoms with Gasteiger partial charge >= 0.3 is 0 Å². The fourth-order valence-corrected chi connectivity index (χ4v) is 3.87. The molecule has 4 N–H and O–H groups in total. The molecule has 1 heterocycles. The Morgan fingerprint density at radius 2 is 1.81 bits per heavy atom. The van der Waals surface area contributed by atoms with Crippen molar-refractivity contribution in [3.63, 3.8) is 0 Å². The first-order valence-electron chi connectivity index (χ1n) is 11.6. The van der Waals surface area contributed by atoms with Gasteiger partial charge in [-0.25, -0.2) is 4.99 Å². The van der Waals surface area contributed by atoms with Crippen LogP contribution in [0.25, 0.3) is 10.9 Å². The van der Waals surface area contributed by atoms with Crippen LogP contribution in [-0.2, 0) is 11.3 Å². The molecule has 1 aromatic heterocycles. The number of hydrogen-bond donors (Lipinski definition) is 4. The normalized spacial score (nSPS) is 11.4. The lowest BCUT2D eigenvalue weighted by Gasteiger charge is -2.10. The van der Waals surface area contributed by atoms with Crippen LogP contribution >= 0.6 is 0 Å². The molecule has 7 heteroatoms. The summed E-state index contributed by atoms with van der Waals surface area (Å²) in [5.41, 5.74) is 5.36. The number of aliphatic hydroxyl groups is 1. The highest BCUT2D eigenvalue weighted by Crippen LogP contribution is 2.32. The maximum Gasteiger partial charge on any atom is 0.296 e. The highest BCUT2D eigenvalue weighted by molar-refractivity contribution is 6.22. The van der Waals surface area contributed by atoms with Crippen LogP contribution in [0, 0.1) is 11.8 Å². The largest absolute Gasteiger partial charge is 0.494 e. The molecule has 7 nitrogen and oxygen atoms in total. The lowest BCUT2D eigenvalue weighted by atomic mass is 10.00. The van der Waals surface area contributed by atoms with Crippen LogP contribution < -0.4 is 5.32 Å². The summed E-state index contributed by atoms with van der Waals surface area (Å²) in [7, 11) is 4.06. The summed E-state index contributed by atoms with van der Waals surface area (Å²) in [5, 5.41) is 23.0. The van der Waals surface area contributed by atoms with E-state index in [0.717, 1.165) is 23.2 Å². The van der Waals surface area contributed by atoms with Crippen molar-refractivity contribution in [3.8, 4) is 17.7 Å². The third-order valence-electron chi connectivity index (χ3n) is 5.46. The molecule has 0 bridgehead atoms. The number of H-pyrrole nitrogens is 1. The number of nitrogens with zero attached hydrogens (tertiary/aromatic N) is 2. The molecule has 0 aliphatic heterocycles. The summed E-state index contributed by atoms with van der Waals surface area (Å²) >= 11 is 0. The molecule has 36 heavy (non-hydrogen) atoms. The number of aromatic nitrogens is 1. The van der Waals surface area contributed by atoms with Crippen molar-refractivity contribution in [1.82, 2.24) is 15.2 Å². The van der Waals surface area contributed by atoms with Gasteiger partial charge in [-0.3, -0.25) is 4.79 Å². The van der Waals surface area contributed by atoms with Crippen molar-refractivity contribution in [2.75, 3.05) is 27.2 Å². The molecule has 182 valence electrons. The molecule has 0 aliphatic rings. The monoisotopic (exact) mass is 480 g/mol. The van der Waals surface area contributed by atoms with Gasteiger partial charge in [-0.1, -0.05) is 54.5 Å². The van der Waals surface area contributed by atoms with Gasteiger partial charge in [0.1, 0.15) is 0 Å². The average molecular weight is 481 g/mol. The zero-order chi connectivity index (χ0) is 25.5. The Hall–Kier alpha value is -4.38. The predicted molar refractivity (Wildman–Crippen MR) is 143 cm³/mol. The van der Waals surface area contributed by atoms with Gasteiger partial charge in [0.05, 0.1) is 29.1 Å². The minimum atomic E-state index is -0.464. The van der Waals surface area contributed by atoms with Crippen molar-refractivity contribution in [1.29, 1.82) is 0 Å². The number of aliphatic hydroxyl groups excluding tert-OH is 1. The molecule has 1 amide bonds. The molecular formula is C29H28N4O3. The van der Waals surface area contributed by atoms with E-state index in [2.05, 4.69) is 39.2 Å². The van der Waals surface area contributed by atoms with Crippen molar-refractivity contribution in [2.24, 2.45) is 4.99 Å². The average Bonchev–Trinajstić information content (AvgIpc) is 3.20. The van der Waals surface area contributed by atoms with Crippen LogP contribution in [0.5, 0.6) is 5.88 Å². The first-order chi connectivity index (χ1) is 17.4. The first kappa shape index (κ1) is 24.7. The standard InChI is InChI=1S/C29H28N4O3/c1-33(2)19-21-8-12-23(13-9-21)31-28(22-6-4-3-5-7-22)27-24-14-10-20(18-25(24)32-29(27)36)11-15-26(35)30-16-17-34/h3-10,12-14,18,32,34,36H,16-17,19H2,1-2H3,(H,30,35). The smallest absolute Gasteiger partial charge is 0.296 e. The fourth-order valence-electron chi connectivity index (χ4n) is 3.87. The van der Waals surface area contributed by atoms with Gasteiger partial charge in [0.15, 0.2) is 5.88 Å². The van der Waals surface area contributed by atoms with Gasteiger partial charge in [-0.15, -0.1) is 0 Å². The third kappa shape index (κ3) is 5.99. The Kier molecular flexibility index (Phi) is 7.81. The Balaban J connectivity index is 1.75. The van der Waals surface area contributed by atoms with Crippen LogP contribution in [0.2, 0.25) is 0 Å². The van der Waals surface area contributed by atoms with Gasteiger partial charge in [0, 0.05) is 35.5 Å². The Labute approximate surface area is 210 Å². The number of hydrogen-bond acceptors (Lipinski definition) is 5. The van der Waals surface area contributed by atoms with E-state index in [4.69, 9.17) is 10.1 Å². The summed E-state index contributed by atoms with van der Waals surface area (Å²) in [5.74, 6) is 4.86. The van der Waals surface area contributed by atoms with Crippen molar-refractivity contribution >= 4 is 28.2 Å². The van der Waals surface area contributed by atoms with E-state index in [1.807, 2.05) is 62.6 Å². The molecule has 0 spiro atoms. The lowest BCUT2D eigenvalue weighted by molar-refractivity contribution is -0.115. The Bertz CT molecular complexity index is 1440. The summed E-state index contributed by atoms with van der Waals surface area (Å²) in [6.45, 7) is 0.850. The molecule has 0 atom stereocenters. The van der Waals surface area contributed by atoms with E-state index in [-0.39, 0.29) is 19.0 Å². The molecule has 0 saturated carbocycles. The number of amides is 1. The molecule has 0 unspecified atom stereocenters. The SMILES string of the molecule is CN(C)Cc1ccc(N=C(c2ccccc2)c2c(O)[nH]c3cc(C#CC(=O)NCCO)ccc23)cc1. The number of aliphatic imine (C=N–C) groups is 1. The van der Waals surface area contributed by atoms with E-state index in [9.17, 15) is 9.90 Å². The summed E-state index contributed by atoms with van der Waals surface area (Å²) in [6.07, 6.45) is 0. The number of aromatic hydroxyl groups is 1. The fraction of sp³-hybridized carbons (Fsp3) is 0.172. The second-order valence-corrected chi connectivity index (χ2v) is 8.57. The number of carbonyl (C=O) groups excluding carboxylic acids is 1. The molecule has 0 radical (unpaired) electrons. The van der Waals surface area contributed by atoms with E-state index in [0.29, 0.717) is 22.4 Å². The highest BCUT2D eigenvalue weighted by Gasteiger charge is 2.19. The number of aromatic amines is 1. The quantitative estimate of drug-likeness (QED) is 0.240. The van der Waals surface area contributed by atoms with Crippen molar-refractivity contribution < 1.29 is 15.0 Å². The highest BCUT2D eigenvalue weighted by atomic mass is 16.3. The number of benzene rings is 3. The second-order valence-electron chi connectivity index (χ2n) is 8.57. The van der Waals surface area contributed by atoms with E-state index in [1.165, 1.54) is 5.56 Å². The molecule has 4 rings (SSSR count). The molecule has 0 saturated heterocycles. The zero-order valence-corrected chi connectivity index (χ0v) is 20.2. The lowest BCUT2D eigenvalue weighted by Crippen LogP contribution is -2.24. The summed E-state index contributed by atoms with van der Waals surface area (Å²) < 4.78 is 0. The molecule has 0 fully saturated rings.